The molecule has 0 aliphatic carbocycles. The van der Waals surface area contributed by atoms with Crippen LogP contribution in [0.3, 0.4) is 0 Å². The Balaban J connectivity index is 2.20. The van der Waals surface area contributed by atoms with Crippen LogP contribution in [0.5, 0.6) is 0 Å². The minimum Gasteiger partial charge on any atom is -0.394 e. The Kier molecular flexibility index (Phi) is 2.35. The van der Waals surface area contributed by atoms with Gasteiger partial charge in [-0.05, 0) is 13.0 Å². The van der Waals surface area contributed by atoms with E-state index < -0.39 is 0 Å². The van der Waals surface area contributed by atoms with Gasteiger partial charge in [0.15, 0.2) is 5.82 Å². The normalized spacial score (nSPS) is 10.4. The first-order chi connectivity index (χ1) is 7.59. The summed E-state index contributed by atoms with van der Waals surface area (Å²) >= 11 is 0. The second-order valence-corrected chi connectivity index (χ2v) is 3.41. The van der Waals surface area contributed by atoms with Crippen LogP contribution in [0.2, 0.25) is 0 Å². The van der Waals surface area contributed by atoms with Gasteiger partial charge in [0.1, 0.15) is 5.69 Å². The van der Waals surface area contributed by atoms with E-state index in [0.29, 0.717) is 17.2 Å². The molecule has 1 amide bonds. The Labute approximate surface area is 91.6 Å². The third kappa shape index (κ3) is 1.62. The summed E-state index contributed by atoms with van der Waals surface area (Å²) < 4.78 is 1.48. The second-order valence-electron chi connectivity index (χ2n) is 3.41. The van der Waals surface area contributed by atoms with Gasteiger partial charge >= 0.3 is 0 Å². The van der Waals surface area contributed by atoms with Crippen LogP contribution in [-0.2, 0) is 7.05 Å². The maximum absolute atomic E-state index is 11.8. The third-order valence-electron chi connectivity index (χ3n) is 2.28. The average Bonchev–Trinajstić information content (AvgIpc) is 2.79. The molecule has 7 heteroatoms. The van der Waals surface area contributed by atoms with E-state index in [1.54, 1.807) is 26.2 Å². The van der Waals surface area contributed by atoms with Gasteiger partial charge in [0, 0.05) is 13.2 Å². The highest BCUT2D eigenvalue weighted by molar-refractivity contribution is 6.03. The number of hydrogen-bond donors (Lipinski definition) is 3. The van der Waals surface area contributed by atoms with Gasteiger partial charge in [0.05, 0.1) is 11.4 Å². The molecule has 0 spiro atoms. The predicted octanol–water partition coefficient (Wildman–Crippen LogP) is 0.286. The Morgan fingerprint density at radius 2 is 2.38 bits per heavy atom. The van der Waals surface area contributed by atoms with Crippen molar-refractivity contribution in [3.05, 3.63) is 23.7 Å². The molecule has 7 nitrogen and oxygen atoms in total. The molecule has 0 unspecified atom stereocenters. The van der Waals surface area contributed by atoms with Crippen molar-refractivity contribution in [2.75, 3.05) is 11.1 Å². The fraction of sp³-hybridized carbons (Fsp3) is 0.222. The topological polar surface area (TPSA) is 102 Å². The highest BCUT2D eigenvalue weighted by Gasteiger charge is 2.14. The Morgan fingerprint density at radius 3 is 2.88 bits per heavy atom. The number of nitrogens with two attached hydrogens (primary N) is 1. The van der Waals surface area contributed by atoms with E-state index in [0.717, 1.165) is 5.69 Å². The smallest absolute Gasteiger partial charge is 0.275 e. The van der Waals surface area contributed by atoms with Crippen molar-refractivity contribution in [2.24, 2.45) is 7.05 Å². The molecule has 0 saturated carbocycles. The number of amides is 1. The average molecular weight is 220 g/mol. The summed E-state index contributed by atoms with van der Waals surface area (Å²) in [6.45, 7) is 1.78. The quantitative estimate of drug-likeness (QED) is 0.676. The Bertz CT molecular complexity index is 526. The number of nitrogen functional groups attached to an aromatic ring is 1. The highest BCUT2D eigenvalue weighted by atomic mass is 16.2. The number of H-pyrrole nitrogens is 1. The number of nitrogens with one attached hydrogen (secondary N) is 2. The minimum atomic E-state index is -0.293. The first kappa shape index (κ1) is 10.2. The van der Waals surface area contributed by atoms with Gasteiger partial charge in [-0.1, -0.05) is 0 Å². The van der Waals surface area contributed by atoms with Crippen LogP contribution in [0.4, 0.5) is 11.5 Å². The third-order valence-corrected chi connectivity index (χ3v) is 2.28. The minimum absolute atomic E-state index is 0.293. The molecule has 2 heterocycles. The maximum Gasteiger partial charge on any atom is 0.275 e. The van der Waals surface area contributed by atoms with Crippen molar-refractivity contribution in [3.63, 3.8) is 0 Å². The lowest BCUT2D eigenvalue weighted by Gasteiger charge is -2.02. The Hall–Kier alpha value is -2.31. The summed E-state index contributed by atoms with van der Waals surface area (Å²) in [5.41, 5.74) is 7.32. The first-order valence-electron chi connectivity index (χ1n) is 4.69. The van der Waals surface area contributed by atoms with Gasteiger partial charge in [-0.15, -0.1) is 0 Å². The van der Waals surface area contributed by atoms with Gasteiger partial charge in [-0.2, -0.15) is 10.2 Å². The molecule has 0 bridgehead atoms. The van der Waals surface area contributed by atoms with E-state index in [4.69, 9.17) is 5.73 Å². The van der Waals surface area contributed by atoms with Gasteiger partial charge in [-0.25, -0.2) is 0 Å². The van der Waals surface area contributed by atoms with Crippen molar-refractivity contribution in [2.45, 2.75) is 6.92 Å². The molecule has 4 N–H and O–H groups in total. The highest BCUT2D eigenvalue weighted by Crippen LogP contribution is 2.18. The number of carbonyl (C=O) groups excluding carboxylic acids is 1. The van der Waals surface area contributed by atoms with Crippen LogP contribution < -0.4 is 11.1 Å². The molecular formula is C9H12N6O. The second kappa shape index (κ2) is 3.69. The molecule has 0 aromatic carbocycles. The van der Waals surface area contributed by atoms with E-state index in [1.165, 1.54) is 4.68 Å². The summed E-state index contributed by atoms with van der Waals surface area (Å²) in [6.07, 6.45) is 1.55. The molecule has 84 valence electrons. The van der Waals surface area contributed by atoms with Crippen molar-refractivity contribution >= 4 is 17.4 Å². The van der Waals surface area contributed by atoms with Crippen molar-refractivity contribution in [1.29, 1.82) is 0 Å². The monoisotopic (exact) mass is 220 g/mol. The summed E-state index contributed by atoms with van der Waals surface area (Å²) in [6, 6.07) is 1.62. The number of anilines is 2. The van der Waals surface area contributed by atoms with Crippen molar-refractivity contribution < 1.29 is 4.79 Å². The molecule has 2 rings (SSSR count). The van der Waals surface area contributed by atoms with Gasteiger partial charge in [0.25, 0.3) is 5.91 Å². The lowest BCUT2D eigenvalue weighted by molar-refractivity contribution is 0.101. The van der Waals surface area contributed by atoms with Crippen molar-refractivity contribution in [3.8, 4) is 0 Å². The van der Waals surface area contributed by atoms with Crippen molar-refractivity contribution in [1.82, 2.24) is 20.0 Å². The van der Waals surface area contributed by atoms with Crippen LogP contribution in [0.25, 0.3) is 0 Å². The number of nitrogens with zero attached hydrogens (tertiary/aromatic N) is 3. The summed E-state index contributed by atoms with van der Waals surface area (Å²) in [5, 5.41) is 13.1. The zero-order valence-corrected chi connectivity index (χ0v) is 8.98. The van der Waals surface area contributed by atoms with Crippen LogP contribution >= 0.6 is 0 Å². The van der Waals surface area contributed by atoms with Gasteiger partial charge in [0.2, 0.25) is 0 Å². The largest absolute Gasteiger partial charge is 0.394 e. The summed E-state index contributed by atoms with van der Waals surface area (Å²) in [5.74, 6) is 0.0434. The Morgan fingerprint density at radius 1 is 1.62 bits per heavy atom. The number of carbonyl (C=O) groups is 1. The number of aromatic nitrogens is 4. The molecule has 0 fully saturated rings. The van der Waals surface area contributed by atoms with E-state index in [9.17, 15) is 4.79 Å². The molecule has 2 aromatic heterocycles. The van der Waals surface area contributed by atoms with Crippen LogP contribution in [0.15, 0.2) is 12.3 Å². The number of hydrogen-bond acceptors (Lipinski definition) is 4. The lowest BCUT2D eigenvalue weighted by atomic mass is 10.3. The van der Waals surface area contributed by atoms with E-state index in [1.807, 2.05) is 0 Å². The molecule has 0 saturated heterocycles. The molecule has 2 aromatic rings. The number of rotatable bonds is 2. The standard InChI is InChI=1S/C9H12N6O/c1-5-7(10)8(14-13-5)12-9(16)6-3-4-11-15(6)2/h3-4H,10H2,1-2H3,(H2,12,13,14,16). The number of aromatic amines is 1. The van der Waals surface area contributed by atoms with E-state index >= 15 is 0 Å². The van der Waals surface area contributed by atoms with Gasteiger partial charge < -0.3 is 11.1 Å². The molecular weight excluding hydrogens is 208 g/mol. The predicted molar refractivity (Wildman–Crippen MR) is 58.9 cm³/mol. The fourth-order valence-electron chi connectivity index (χ4n) is 1.30. The van der Waals surface area contributed by atoms with Crippen LogP contribution in [0.1, 0.15) is 16.2 Å². The molecule has 0 atom stereocenters. The van der Waals surface area contributed by atoms with E-state index in [2.05, 4.69) is 20.6 Å². The molecule has 0 radical (unpaired) electrons. The summed E-state index contributed by atoms with van der Waals surface area (Å²) in [7, 11) is 1.69. The molecule has 0 aliphatic heterocycles. The zero-order chi connectivity index (χ0) is 11.7. The molecule has 16 heavy (non-hydrogen) atoms. The fourth-order valence-corrected chi connectivity index (χ4v) is 1.30. The lowest BCUT2D eigenvalue weighted by Crippen LogP contribution is -2.17. The van der Waals surface area contributed by atoms with Crippen LogP contribution in [0, 0.1) is 6.92 Å². The maximum atomic E-state index is 11.8. The van der Waals surface area contributed by atoms with Gasteiger partial charge in [-0.3, -0.25) is 14.6 Å². The summed E-state index contributed by atoms with van der Waals surface area (Å²) in [4.78, 5) is 11.8. The SMILES string of the molecule is Cc1[nH]nc(NC(=O)c2ccnn2C)c1N. The van der Waals surface area contributed by atoms with E-state index in [-0.39, 0.29) is 5.91 Å². The molecule has 0 aliphatic rings. The zero-order valence-electron chi connectivity index (χ0n) is 8.98. The number of aryl methyl sites for hydroxylation is 2. The van der Waals surface area contributed by atoms with Crippen LogP contribution in [-0.4, -0.2) is 25.9 Å². The first-order valence-corrected chi connectivity index (χ1v) is 4.69.